The molecule has 3 aromatic rings. The lowest BCUT2D eigenvalue weighted by molar-refractivity contribution is 0.291. The molecule has 0 spiro atoms. The first kappa shape index (κ1) is 13.3. The van der Waals surface area contributed by atoms with Crippen LogP contribution in [0.5, 0.6) is 0 Å². The van der Waals surface area contributed by atoms with Gasteiger partial charge in [-0.2, -0.15) is 0 Å². The molecule has 0 atom stereocenters. The van der Waals surface area contributed by atoms with Crippen molar-refractivity contribution in [3.8, 4) is 5.13 Å². The van der Waals surface area contributed by atoms with E-state index < -0.39 is 0 Å². The van der Waals surface area contributed by atoms with Crippen molar-refractivity contribution in [3.63, 3.8) is 0 Å². The fourth-order valence-corrected chi connectivity index (χ4v) is 3.25. The summed E-state index contributed by atoms with van der Waals surface area (Å²) in [4.78, 5) is 4.69. The summed E-state index contributed by atoms with van der Waals surface area (Å²) >= 11 is 1.70. The van der Waals surface area contributed by atoms with Crippen LogP contribution in [0.1, 0.15) is 11.3 Å². The van der Waals surface area contributed by atoms with Gasteiger partial charge >= 0.3 is 0 Å². The van der Waals surface area contributed by atoms with Crippen molar-refractivity contribution >= 4 is 21.6 Å². The second-order valence-electron chi connectivity index (χ2n) is 4.74. The lowest BCUT2D eigenvalue weighted by Gasteiger charge is -2.06. The number of nitrogens with one attached hydrogen (secondary N) is 1. The summed E-state index contributed by atoms with van der Waals surface area (Å²) in [6, 6.07) is 10.4. The second kappa shape index (κ2) is 5.75. The number of aliphatic hydroxyl groups excluding tert-OH is 1. The molecule has 5 heteroatoms. The van der Waals surface area contributed by atoms with Gasteiger partial charge in [0.05, 0.1) is 16.8 Å². The lowest BCUT2D eigenvalue weighted by atomic mass is 10.2. The molecule has 2 N–H and O–H groups in total. The largest absolute Gasteiger partial charge is 0.395 e. The van der Waals surface area contributed by atoms with E-state index in [1.807, 2.05) is 12.3 Å². The molecule has 0 aliphatic rings. The molecule has 0 unspecified atom stereocenters. The van der Waals surface area contributed by atoms with Gasteiger partial charge in [0.15, 0.2) is 5.13 Å². The normalized spacial score (nSPS) is 11.3. The van der Waals surface area contributed by atoms with E-state index in [1.165, 1.54) is 10.3 Å². The molecule has 104 valence electrons. The Hall–Kier alpha value is -1.69. The number of nitrogens with zero attached hydrogens (tertiary/aromatic N) is 2. The van der Waals surface area contributed by atoms with Crippen molar-refractivity contribution in [2.75, 3.05) is 13.2 Å². The van der Waals surface area contributed by atoms with Crippen molar-refractivity contribution in [1.29, 1.82) is 0 Å². The van der Waals surface area contributed by atoms with Gasteiger partial charge in [-0.25, -0.2) is 4.98 Å². The molecule has 0 amide bonds. The second-order valence-corrected chi connectivity index (χ2v) is 5.75. The summed E-state index contributed by atoms with van der Waals surface area (Å²) in [6.07, 6.45) is 2.03. The Balaban J connectivity index is 1.92. The van der Waals surface area contributed by atoms with Crippen molar-refractivity contribution in [3.05, 3.63) is 47.8 Å². The molecule has 4 nitrogen and oxygen atoms in total. The van der Waals surface area contributed by atoms with Gasteiger partial charge in [0.25, 0.3) is 0 Å². The minimum atomic E-state index is 0.154. The van der Waals surface area contributed by atoms with E-state index in [0.717, 1.165) is 22.9 Å². The Morgan fingerprint density at radius 2 is 2.25 bits per heavy atom. The molecule has 0 fully saturated rings. The van der Waals surface area contributed by atoms with Crippen LogP contribution in [0, 0.1) is 6.92 Å². The molecular formula is C15H17N3OS. The van der Waals surface area contributed by atoms with E-state index in [-0.39, 0.29) is 6.61 Å². The first-order valence-corrected chi connectivity index (χ1v) is 7.45. The van der Waals surface area contributed by atoms with Crippen molar-refractivity contribution in [1.82, 2.24) is 14.9 Å². The molecule has 1 aromatic carbocycles. The minimum Gasteiger partial charge on any atom is -0.395 e. The maximum absolute atomic E-state index is 8.82. The van der Waals surface area contributed by atoms with Gasteiger partial charge in [0, 0.05) is 25.0 Å². The fourth-order valence-electron chi connectivity index (χ4n) is 2.17. The lowest BCUT2D eigenvalue weighted by Crippen LogP contribution is -2.19. The minimum absolute atomic E-state index is 0.154. The van der Waals surface area contributed by atoms with E-state index in [1.54, 1.807) is 11.3 Å². The van der Waals surface area contributed by atoms with Crippen LogP contribution in [0.4, 0.5) is 0 Å². The number of fused-ring (bicyclic) bond motifs is 1. The van der Waals surface area contributed by atoms with Crippen molar-refractivity contribution in [2.24, 2.45) is 0 Å². The number of benzene rings is 1. The van der Waals surface area contributed by atoms with Crippen LogP contribution in [-0.4, -0.2) is 27.8 Å². The monoisotopic (exact) mass is 287 g/mol. The Kier molecular flexibility index (Phi) is 3.82. The zero-order valence-electron chi connectivity index (χ0n) is 11.3. The summed E-state index contributed by atoms with van der Waals surface area (Å²) < 4.78 is 3.31. The van der Waals surface area contributed by atoms with Gasteiger partial charge in [-0.3, -0.25) is 4.57 Å². The number of aryl methyl sites for hydroxylation is 1. The van der Waals surface area contributed by atoms with Gasteiger partial charge in [-0.15, -0.1) is 0 Å². The van der Waals surface area contributed by atoms with Gasteiger partial charge in [0.1, 0.15) is 0 Å². The number of aliphatic hydroxyl groups is 1. The zero-order valence-corrected chi connectivity index (χ0v) is 12.2. The predicted molar refractivity (Wildman–Crippen MR) is 82.5 cm³/mol. The van der Waals surface area contributed by atoms with E-state index in [9.17, 15) is 0 Å². The fraction of sp³-hybridized carbons (Fsp3) is 0.267. The number of aromatic nitrogens is 2. The van der Waals surface area contributed by atoms with Crippen molar-refractivity contribution < 1.29 is 5.11 Å². The Labute approximate surface area is 121 Å². The van der Waals surface area contributed by atoms with E-state index >= 15 is 0 Å². The molecule has 2 aromatic heterocycles. The third-order valence-electron chi connectivity index (χ3n) is 3.17. The smallest absolute Gasteiger partial charge is 0.194 e. The van der Waals surface area contributed by atoms with Crippen LogP contribution in [0.25, 0.3) is 15.3 Å². The SMILES string of the molecule is Cc1ccc2nc(-n3cccc3CNCCO)sc2c1. The first-order valence-electron chi connectivity index (χ1n) is 6.63. The quantitative estimate of drug-likeness (QED) is 0.709. The first-order chi connectivity index (χ1) is 9.78. The number of hydrogen-bond acceptors (Lipinski definition) is 4. The third kappa shape index (κ3) is 2.60. The highest BCUT2D eigenvalue weighted by molar-refractivity contribution is 7.20. The summed E-state index contributed by atoms with van der Waals surface area (Å²) in [7, 11) is 0. The van der Waals surface area contributed by atoms with E-state index in [2.05, 4.69) is 46.1 Å². The molecule has 0 aliphatic carbocycles. The molecule has 0 bridgehead atoms. The number of rotatable bonds is 5. The molecule has 0 radical (unpaired) electrons. The van der Waals surface area contributed by atoms with Gasteiger partial charge < -0.3 is 10.4 Å². The summed E-state index contributed by atoms with van der Waals surface area (Å²) in [5, 5.41) is 13.0. The Morgan fingerprint density at radius 1 is 1.35 bits per heavy atom. The van der Waals surface area contributed by atoms with Gasteiger partial charge in [-0.1, -0.05) is 17.4 Å². The van der Waals surface area contributed by atoms with Crippen molar-refractivity contribution in [2.45, 2.75) is 13.5 Å². The maximum atomic E-state index is 8.82. The molecule has 0 aliphatic heterocycles. The molecule has 2 heterocycles. The summed E-state index contributed by atoms with van der Waals surface area (Å²) in [5.74, 6) is 0. The summed E-state index contributed by atoms with van der Waals surface area (Å²) in [5.41, 5.74) is 3.44. The third-order valence-corrected chi connectivity index (χ3v) is 4.18. The van der Waals surface area contributed by atoms with Crippen LogP contribution in [0.3, 0.4) is 0 Å². The van der Waals surface area contributed by atoms with Crippen LogP contribution >= 0.6 is 11.3 Å². The van der Waals surface area contributed by atoms with Crippen LogP contribution in [0.2, 0.25) is 0 Å². The number of hydrogen-bond donors (Lipinski definition) is 2. The number of thiazole rings is 1. The average Bonchev–Trinajstić information content (AvgIpc) is 3.04. The molecular weight excluding hydrogens is 270 g/mol. The molecule has 0 saturated heterocycles. The summed E-state index contributed by atoms with van der Waals surface area (Å²) in [6.45, 7) is 3.58. The van der Waals surface area contributed by atoms with E-state index in [4.69, 9.17) is 5.11 Å². The Bertz CT molecular complexity index is 717. The highest BCUT2D eigenvalue weighted by Crippen LogP contribution is 2.26. The predicted octanol–water partition coefficient (Wildman–Crippen LogP) is 2.48. The van der Waals surface area contributed by atoms with Crippen LogP contribution in [0.15, 0.2) is 36.5 Å². The average molecular weight is 287 g/mol. The highest BCUT2D eigenvalue weighted by Gasteiger charge is 2.08. The maximum Gasteiger partial charge on any atom is 0.194 e. The van der Waals surface area contributed by atoms with Crippen LogP contribution in [-0.2, 0) is 6.54 Å². The van der Waals surface area contributed by atoms with Crippen LogP contribution < -0.4 is 5.32 Å². The van der Waals surface area contributed by atoms with Gasteiger partial charge in [-0.05, 0) is 36.8 Å². The Morgan fingerprint density at radius 3 is 3.10 bits per heavy atom. The molecule has 0 saturated carbocycles. The zero-order chi connectivity index (χ0) is 13.9. The van der Waals surface area contributed by atoms with Gasteiger partial charge in [0.2, 0.25) is 0 Å². The molecule has 3 rings (SSSR count). The standard InChI is InChI=1S/C15H17N3OS/c1-11-4-5-13-14(9-11)20-15(17-13)18-7-2-3-12(18)10-16-6-8-19/h2-5,7,9,16,19H,6,8,10H2,1H3. The molecule has 20 heavy (non-hydrogen) atoms. The highest BCUT2D eigenvalue weighted by atomic mass is 32.1. The topological polar surface area (TPSA) is 50.1 Å². The van der Waals surface area contributed by atoms with E-state index in [0.29, 0.717) is 6.54 Å².